The number of rotatable bonds is 2. The highest BCUT2D eigenvalue weighted by atomic mass is 16.5. The molecule has 0 radical (unpaired) electrons. The molecule has 0 aliphatic heterocycles. The molecule has 0 aliphatic rings. The van der Waals surface area contributed by atoms with Crippen LogP contribution in [-0.4, -0.2) is 20.8 Å². The minimum absolute atomic E-state index is 0.243. The molecular formula is C13H12N4O2. The van der Waals surface area contributed by atoms with Crippen LogP contribution in [0.5, 0.6) is 0 Å². The van der Waals surface area contributed by atoms with Gasteiger partial charge in [0.15, 0.2) is 11.5 Å². The number of nitrogens with one attached hydrogen (secondary N) is 1. The third-order valence-corrected chi connectivity index (χ3v) is 2.85. The number of fused-ring (bicyclic) bond motifs is 1. The van der Waals surface area contributed by atoms with Crippen molar-refractivity contribution >= 4 is 22.6 Å². The Hall–Kier alpha value is -2.63. The number of anilines is 1. The number of nitrogens with zero attached hydrogens (tertiary/aromatic N) is 3. The summed E-state index contributed by atoms with van der Waals surface area (Å²) in [6, 6.07) is 9.27. The topological polar surface area (TPSA) is 73.0 Å². The van der Waals surface area contributed by atoms with E-state index in [1.807, 2.05) is 31.3 Å². The summed E-state index contributed by atoms with van der Waals surface area (Å²) in [6.45, 7) is 1.74. The first-order valence-electron chi connectivity index (χ1n) is 5.81. The summed E-state index contributed by atoms with van der Waals surface area (Å²) < 4.78 is 6.60. The summed E-state index contributed by atoms with van der Waals surface area (Å²) in [5, 5.41) is 11.6. The van der Waals surface area contributed by atoms with E-state index in [1.54, 1.807) is 17.7 Å². The lowest BCUT2D eigenvalue weighted by Crippen LogP contribution is -2.13. The van der Waals surface area contributed by atoms with Gasteiger partial charge in [0.05, 0.1) is 5.52 Å². The lowest BCUT2D eigenvalue weighted by Gasteiger charge is -1.98. The van der Waals surface area contributed by atoms with E-state index < -0.39 is 0 Å². The predicted molar refractivity (Wildman–Crippen MR) is 69.9 cm³/mol. The van der Waals surface area contributed by atoms with Crippen LogP contribution in [0.25, 0.3) is 10.9 Å². The molecule has 0 saturated carbocycles. The third-order valence-electron chi connectivity index (χ3n) is 2.85. The van der Waals surface area contributed by atoms with Gasteiger partial charge in [0.25, 0.3) is 5.91 Å². The minimum Gasteiger partial charge on any atom is -0.361 e. The zero-order chi connectivity index (χ0) is 13.4. The maximum absolute atomic E-state index is 12.0. The quantitative estimate of drug-likeness (QED) is 0.762. The normalized spacial score (nSPS) is 10.8. The van der Waals surface area contributed by atoms with Gasteiger partial charge in [0, 0.05) is 18.5 Å². The molecule has 3 rings (SSSR count). The molecule has 1 amide bonds. The monoisotopic (exact) mass is 256 g/mol. The lowest BCUT2D eigenvalue weighted by molar-refractivity contribution is 0.101. The fourth-order valence-corrected chi connectivity index (χ4v) is 1.95. The number of hydrogen-bond donors (Lipinski definition) is 1. The van der Waals surface area contributed by atoms with E-state index in [0.29, 0.717) is 11.6 Å². The molecule has 2 heterocycles. The molecule has 0 aliphatic carbocycles. The van der Waals surface area contributed by atoms with Gasteiger partial charge in [-0.3, -0.25) is 9.48 Å². The molecule has 0 atom stereocenters. The Morgan fingerprint density at radius 3 is 2.89 bits per heavy atom. The van der Waals surface area contributed by atoms with Gasteiger partial charge in [-0.15, -0.1) is 0 Å². The van der Waals surface area contributed by atoms with E-state index in [4.69, 9.17) is 4.52 Å². The van der Waals surface area contributed by atoms with E-state index in [1.165, 1.54) is 0 Å². The van der Waals surface area contributed by atoms with Gasteiger partial charge in [-0.05, 0) is 19.1 Å². The zero-order valence-electron chi connectivity index (χ0n) is 10.5. The lowest BCUT2D eigenvalue weighted by atomic mass is 10.2. The smallest absolute Gasteiger partial charge is 0.279 e. The van der Waals surface area contributed by atoms with Gasteiger partial charge in [-0.2, -0.15) is 5.10 Å². The number of para-hydroxylation sites is 1. The molecule has 6 heteroatoms. The summed E-state index contributed by atoms with van der Waals surface area (Å²) in [5.41, 5.74) is 1.20. The first-order chi connectivity index (χ1) is 9.15. The van der Waals surface area contributed by atoms with Crippen molar-refractivity contribution in [1.29, 1.82) is 0 Å². The van der Waals surface area contributed by atoms with Crippen molar-refractivity contribution in [3.63, 3.8) is 0 Å². The SMILES string of the molecule is Cc1cc(C(=O)Nc2nn(C)c3ccccc23)no1. The molecule has 96 valence electrons. The Morgan fingerprint density at radius 2 is 2.16 bits per heavy atom. The molecule has 2 aromatic heterocycles. The summed E-state index contributed by atoms with van der Waals surface area (Å²) in [4.78, 5) is 12.0. The van der Waals surface area contributed by atoms with Crippen LogP contribution in [0.3, 0.4) is 0 Å². The molecule has 0 spiro atoms. The van der Waals surface area contributed by atoms with Crippen molar-refractivity contribution in [2.75, 3.05) is 5.32 Å². The number of aromatic nitrogens is 3. The van der Waals surface area contributed by atoms with E-state index in [-0.39, 0.29) is 11.6 Å². The van der Waals surface area contributed by atoms with Crippen molar-refractivity contribution in [2.45, 2.75) is 6.92 Å². The van der Waals surface area contributed by atoms with E-state index in [2.05, 4.69) is 15.6 Å². The van der Waals surface area contributed by atoms with Gasteiger partial charge < -0.3 is 9.84 Å². The third kappa shape index (κ3) is 1.97. The van der Waals surface area contributed by atoms with Crippen LogP contribution in [-0.2, 0) is 7.05 Å². The maximum atomic E-state index is 12.0. The standard InChI is InChI=1S/C13H12N4O2/c1-8-7-10(16-19-8)13(18)14-12-9-5-3-4-6-11(9)17(2)15-12/h3-7H,1-2H3,(H,14,15,18). The predicted octanol–water partition coefficient (Wildman–Crippen LogP) is 2.12. The Balaban J connectivity index is 1.95. The fraction of sp³-hybridized carbons (Fsp3) is 0.154. The maximum Gasteiger partial charge on any atom is 0.279 e. The highest BCUT2D eigenvalue weighted by Gasteiger charge is 2.15. The number of carbonyl (C=O) groups is 1. The van der Waals surface area contributed by atoms with E-state index >= 15 is 0 Å². The molecule has 1 aromatic carbocycles. The van der Waals surface area contributed by atoms with Crippen molar-refractivity contribution in [2.24, 2.45) is 7.05 Å². The van der Waals surface area contributed by atoms with Crippen LogP contribution < -0.4 is 5.32 Å². The number of amides is 1. The van der Waals surface area contributed by atoms with Gasteiger partial charge in [0.2, 0.25) is 0 Å². The molecule has 0 unspecified atom stereocenters. The van der Waals surface area contributed by atoms with Crippen LogP contribution >= 0.6 is 0 Å². The molecule has 19 heavy (non-hydrogen) atoms. The van der Waals surface area contributed by atoms with Gasteiger partial charge >= 0.3 is 0 Å². The second kappa shape index (κ2) is 4.24. The molecular weight excluding hydrogens is 244 g/mol. The molecule has 6 nitrogen and oxygen atoms in total. The Bertz CT molecular complexity index is 757. The van der Waals surface area contributed by atoms with Crippen molar-refractivity contribution < 1.29 is 9.32 Å². The van der Waals surface area contributed by atoms with Crippen molar-refractivity contribution in [3.05, 3.63) is 41.8 Å². The first kappa shape index (κ1) is 11.5. The first-order valence-corrected chi connectivity index (χ1v) is 5.81. The number of benzene rings is 1. The average molecular weight is 256 g/mol. The average Bonchev–Trinajstić information content (AvgIpc) is 2.96. The fourth-order valence-electron chi connectivity index (χ4n) is 1.95. The highest BCUT2D eigenvalue weighted by Crippen LogP contribution is 2.22. The van der Waals surface area contributed by atoms with Gasteiger partial charge in [-0.25, -0.2) is 0 Å². The Kier molecular flexibility index (Phi) is 2.56. The molecule has 1 N–H and O–H groups in total. The zero-order valence-corrected chi connectivity index (χ0v) is 10.5. The molecule has 0 bridgehead atoms. The van der Waals surface area contributed by atoms with Crippen LogP contribution in [0.4, 0.5) is 5.82 Å². The summed E-state index contributed by atoms with van der Waals surface area (Å²) in [5.74, 6) is 0.778. The van der Waals surface area contributed by atoms with E-state index in [9.17, 15) is 4.79 Å². The van der Waals surface area contributed by atoms with Crippen LogP contribution in [0.15, 0.2) is 34.9 Å². The molecule has 0 fully saturated rings. The minimum atomic E-state index is -0.333. The van der Waals surface area contributed by atoms with Gasteiger partial charge in [0.1, 0.15) is 5.76 Å². The number of hydrogen-bond acceptors (Lipinski definition) is 4. The summed E-state index contributed by atoms with van der Waals surface area (Å²) >= 11 is 0. The Labute approximate surface area is 109 Å². The second-order valence-electron chi connectivity index (χ2n) is 4.27. The van der Waals surface area contributed by atoms with Crippen LogP contribution in [0, 0.1) is 6.92 Å². The largest absolute Gasteiger partial charge is 0.361 e. The molecule has 3 aromatic rings. The van der Waals surface area contributed by atoms with Crippen LogP contribution in [0.2, 0.25) is 0 Å². The van der Waals surface area contributed by atoms with Crippen LogP contribution in [0.1, 0.15) is 16.2 Å². The number of carbonyl (C=O) groups excluding carboxylic acids is 1. The van der Waals surface area contributed by atoms with Gasteiger partial charge in [-0.1, -0.05) is 17.3 Å². The van der Waals surface area contributed by atoms with Crippen molar-refractivity contribution in [3.8, 4) is 0 Å². The number of aryl methyl sites for hydroxylation is 2. The van der Waals surface area contributed by atoms with Crippen molar-refractivity contribution in [1.82, 2.24) is 14.9 Å². The Morgan fingerprint density at radius 1 is 1.37 bits per heavy atom. The summed E-state index contributed by atoms with van der Waals surface area (Å²) in [6.07, 6.45) is 0. The molecule has 0 saturated heterocycles. The summed E-state index contributed by atoms with van der Waals surface area (Å²) in [7, 11) is 1.83. The highest BCUT2D eigenvalue weighted by molar-refractivity contribution is 6.06. The second-order valence-corrected chi connectivity index (χ2v) is 4.27. The van der Waals surface area contributed by atoms with E-state index in [0.717, 1.165) is 10.9 Å².